The van der Waals surface area contributed by atoms with E-state index in [1.165, 1.54) is 24.3 Å². The van der Waals surface area contributed by atoms with Crippen LogP contribution >= 0.6 is 0 Å². The van der Waals surface area contributed by atoms with E-state index in [1.807, 2.05) is 41.5 Å². The molecule has 2 heterocycles. The van der Waals surface area contributed by atoms with E-state index in [4.69, 9.17) is 14.2 Å². The maximum atomic E-state index is 12.6. The van der Waals surface area contributed by atoms with E-state index < -0.39 is 42.2 Å². The maximum Gasteiger partial charge on any atom is 0.333 e. The Balaban J connectivity index is 0.00000304. The minimum Gasteiger partial charge on any atom is -0.479 e. The molecule has 0 spiro atoms. The van der Waals surface area contributed by atoms with Gasteiger partial charge < -0.3 is 35.1 Å². The van der Waals surface area contributed by atoms with Gasteiger partial charge in [0.05, 0.1) is 11.8 Å². The fraction of sp³-hybridized carbons (Fsp3) is 0.548. The molecule has 0 aliphatic carbocycles. The minimum atomic E-state index is -1.26. The summed E-state index contributed by atoms with van der Waals surface area (Å²) in [4.78, 5) is 70.6. The van der Waals surface area contributed by atoms with E-state index in [9.17, 15) is 39.0 Å². The Morgan fingerprint density at radius 2 is 1.64 bits per heavy atom. The molecular weight excluding hydrogens is 590 g/mol. The molecule has 2 aliphatic heterocycles. The summed E-state index contributed by atoms with van der Waals surface area (Å²) < 4.78 is 15.9. The van der Waals surface area contributed by atoms with Crippen molar-refractivity contribution in [1.82, 2.24) is 10.2 Å². The highest BCUT2D eigenvalue weighted by atomic mass is 16.7. The lowest BCUT2D eigenvalue weighted by Crippen LogP contribution is -2.42. The number of anilines is 1. The Labute approximate surface area is 264 Å². The van der Waals surface area contributed by atoms with Gasteiger partial charge >= 0.3 is 5.97 Å². The number of imide groups is 1. The molecule has 0 bridgehead atoms. The van der Waals surface area contributed by atoms with Crippen LogP contribution in [0.2, 0.25) is 0 Å². The first-order valence-corrected chi connectivity index (χ1v) is 15.2. The average molecular weight is 638 g/mol. The van der Waals surface area contributed by atoms with Gasteiger partial charge in [-0.3, -0.25) is 28.9 Å². The third-order valence-electron chi connectivity index (χ3n) is 5.80. The maximum absolute atomic E-state index is 12.6. The number of nitrogens with one attached hydrogen (secondary N) is 2. The second kappa shape index (κ2) is 23.1. The molecule has 1 aromatic rings. The third kappa shape index (κ3) is 14.8. The Morgan fingerprint density at radius 1 is 1.00 bits per heavy atom. The summed E-state index contributed by atoms with van der Waals surface area (Å²) in [5, 5.41) is 24.4. The number of ether oxygens (including phenoxy) is 3. The smallest absolute Gasteiger partial charge is 0.333 e. The molecule has 252 valence electrons. The van der Waals surface area contributed by atoms with E-state index >= 15 is 0 Å². The molecule has 0 aromatic heterocycles. The summed E-state index contributed by atoms with van der Waals surface area (Å²) in [5.74, 6) is -2.79. The van der Waals surface area contributed by atoms with Crippen molar-refractivity contribution in [3.63, 3.8) is 0 Å². The number of amides is 4. The van der Waals surface area contributed by atoms with Gasteiger partial charge in [-0.05, 0) is 24.1 Å². The highest BCUT2D eigenvalue weighted by Gasteiger charge is 2.34. The van der Waals surface area contributed by atoms with E-state index in [0.717, 1.165) is 4.90 Å². The van der Waals surface area contributed by atoms with Crippen molar-refractivity contribution in [3.05, 3.63) is 35.9 Å². The van der Waals surface area contributed by atoms with E-state index in [1.54, 1.807) is 6.07 Å². The summed E-state index contributed by atoms with van der Waals surface area (Å²) in [6.07, 6.45) is -0.825. The van der Waals surface area contributed by atoms with Gasteiger partial charge in [-0.1, -0.05) is 47.6 Å². The number of benzene rings is 1. The molecule has 1 fully saturated rings. The van der Waals surface area contributed by atoms with Crippen LogP contribution in [0, 0.1) is 0 Å². The molecule has 3 atom stereocenters. The summed E-state index contributed by atoms with van der Waals surface area (Å²) in [6, 6.07) is 4.55. The summed E-state index contributed by atoms with van der Waals surface area (Å²) in [5.41, 5.74) is 0.707. The Bertz CT molecular complexity index is 1120. The second-order valence-electron chi connectivity index (χ2n) is 8.79. The highest BCUT2D eigenvalue weighted by molar-refractivity contribution is 6.12. The standard InChI is InChI=1S/C25H29N3O11.3C2H6/c29-14-37-13-15-3-4-18(38-24-12-16(30)11-19(39-24)25(35)36)17(10-15)27-21(32)7-8-26-20(31)2-1-9-28-22(33)5-6-23(28)34;3*1-2/h3-6,10,14,16,19,24,30H,1-2,7-9,11-13H2,(H,26,31)(H,27,32)(H,35,36);3*1-2H3/t16?,19?,24-;;;/m1.../s1. The fourth-order valence-corrected chi connectivity index (χ4v) is 3.90. The van der Waals surface area contributed by atoms with Gasteiger partial charge in [0.1, 0.15) is 12.4 Å². The van der Waals surface area contributed by atoms with Crippen LogP contribution in [-0.2, 0) is 44.8 Å². The van der Waals surface area contributed by atoms with Crippen LogP contribution in [0.3, 0.4) is 0 Å². The largest absolute Gasteiger partial charge is 0.479 e. The van der Waals surface area contributed by atoms with Gasteiger partial charge in [0, 0.05) is 50.9 Å². The van der Waals surface area contributed by atoms with Crippen LogP contribution < -0.4 is 15.4 Å². The zero-order valence-electron chi connectivity index (χ0n) is 26.9. The zero-order valence-corrected chi connectivity index (χ0v) is 26.9. The lowest BCUT2D eigenvalue weighted by Gasteiger charge is -2.31. The van der Waals surface area contributed by atoms with Crippen molar-refractivity contribution < 1.29 is 53.2 Å². The van der Waals surface area contributed by atoms with Crippen LogP contribution in [0.25, 0.3) is 0 Å². The van der Waals surface area contributed by atoms with Gasteiger partial charge in [-0.15, -0.1) is 0 Å². The molecule has 45 heavy (non-hydrogen) atoms. The summed E-state index contributed by atoms with van der Waals surface area (Å²) in [6.45, 7) is 12.3. The van der Waals surface area contributed by atoms with Crippen LogP contribution in [0.15, 0.2) is 30.4 Å². The van der Waals surface area contributed by atoms with Crippen LogP contribution in [0.5, 0.6) is 5.75 Å². The van der Waals surface area contributed by atoms with E-state index in [2.05, 4.69) is 10.6 Å². The SMILES string of the molecule is CC.CC.CC.O=COCc1ccc(O[C@H]2CC(O)CC(C(=O)O)O2)c(NC(=O)CCNC(=O)CCCN2C(=O)C=CC2=O)c1. The number of nitrogens with zero attached hydrogens (tertiary/aromatic N) is 1. The summed E-state index contributed by atoms with van der Waals surface area (Å²) >= 11 is 0. The van der Waals surface area contributed by atoms with Crippen molar-refractivity contribution >= 4 is 41.8 Å². The topological polar surface area (TPSA) is 198 Å². The quantitative estimate of drug-likeness (QED) is 0.173. The van der Waals surface area contributed by atoms with Crippen LogP contribution in [-0.4, -0.2) is 82.8 Å². The van der Waals surface area contributed by atoms with Crippen molar-refractivity contribution in [2.24, 2.45) is 0 Å². The molecule has 0 saturated carbocycles. The minimum absolute atomic E-state index is 0.00972. The number of hydrogen-bond acceptors (Lipinski definition) is 10. The monoisotopic (exact) mass is 637 g/mol. The summed E-state index contributed by atoms with van der Waals surface area (Å²) in [7, 11) is 0. The number of aliphatic hydroxyl groups is 1. The lowest BCUT2D eigenvalue weighted by atomic mass is 10.1. The number of carbonyl (C=O) groups excluding carboxylic acids is 5. The van der Waals surface area contributed by atoms with E-state index in [-0.39, 0.29) is 75.6 Å². The van der Waals surface area contributed by atoms with Gasteiger partial charge in [0.2, 0.25) is 18.1 Å². The first-order valence-electron chi connectivity index (χ1n) is 15.2. The molecule has 1 saturated heterocycles. The Hall–Kier alpha value is -4.30. The molecule has 4 N–H and O–H groups in total. The van der Waals surface area contributed by atoms with Crippen molar-refractivity contribution in [1.29, 1.82) is 0 Å². The first-order chi connectivity index (χ1) is 21.7. The molecule has 0 radical (unpaired) electrons. The van der Waals surface area contributed by atoms with Crippen LogP contribution in [0.4, 0.5) is 5.69 Å². The number of carboxylic acid groups (broad SMARTS) is 1. The van der Waals surface area contributed by atoms with Gasteiger partial charge in [-0.25, -0.2) is 4.79 Å². The average Bonchev–Trinajstić information content (AvgIpc) is 3.36. The molecule has 2 aliphatic rings. The number of hydrogen-bond donors (Lipinski definition) is 4. The second-order valence-corrected chi connectivity index (χ2v) is 8.79. The molecule has 4 amide bonds. The molecule has 1 aromatic carbocycles. The lowest BCUT2D eigenvalue weighted by molar-refractivity contribution is -0.195. The zero-order chi connectivity index (χ0) is 34.4. The predicted molar refractivity (Wildman–Crippen MR) is 165 cm³/mol. The van der Waals surface area contributed by atoms with E-state index in [0.29, 0.717) is 5.56 Å². The molecular formula is C31H47N3O11. The number of carboxylic acids is 1. The van der Waals surface area contributed by atoms with Gasteiger partial charge in [0.25, 0.3) is 18.3 Å². The van der Waals surface area contributed by atoms with Gasteiger partial charge in [0.15, 0.2) is 6.10 Å². The molecule has 2 unspecified atom stereocenters. The van der Waals surface area contributed by atoms with Crippen molar-refractivity contribution in [3.8, 4) is 5.75 Å². The Kier molecular flexibility index (Phi) is 20.9. The number of carbonyl (C=O) groups is 6. The van der Waals surface area contributed by atoms with Crippen LogP contribution in [0.1, 0.15) is 79.2 Å². The van der Waals surface area contributed by atoms with Crippen molar-refractivity contribution in [2.75, 3.05) is 18.4 Å². The predicted octanol–water partition coefficient (Wildman–Crippen LogP) is 2.92. The molecule has 3 rings (SSSR count). The van der Waals surface area contributed by atoms with Crippen molar-refractivity contribution in [2.45, 2.75) is 98.8 Å². The fourth-order valence-electron chi connectivity index (χ4n) is 3.90. The first kappa shape index (κ1) is 40.7. The molecule has 14 nitrogen and oxygen atoms in total. The molecule has 14 heteroatoms. The highest BCUT2D eigenvalue weighted by Crippen LogP contribution is 2.30. The number of aliphatic carboxylic acids is 1. The normalized spacial score (nSPS) is 18.1. The number of rotatable bonds is 14. The van der Waals surface area contributed by atoms with Gasteiger partial charge in [-0.2, -0.15) is 0 Å². The third-order valence-corrected chi connectivity index (χ3v) is 5.80. The Morgan fingerprint density at radius 3 is 2.24 bits per heavy atom. The number of aliphatic hydroxyl groups excluding tert-OH is 1.